The second kappa shape index (κ2) is 12.7. The molecule has 2 saturated carbocycles. The molecular weight excluding hydrogens is 359 g/mol. The molecule has 1 radical (unpaired) electrons. The maximum absolute atomic E-state index is 9.61. The van der Waals surface area contributed by atoms with Crippen LogP contribution in [0.3, 0.4) is 0 Å². The molecule has 6 atom stereocenters. The van der Waals surface area contributed by atoms with E-state index in [2.05, 4.69) is 10.6 Å². The first-order valence-electron chi connectivity index (χ1n) is 9.45. The summed E-state index contributed by atoms with van der Waals surface area (Å²) in [6.45, 7) is 1.97. The zero-order valence-corrected chi connectivity index (χ0v) is 16.5. The van der Waals surface area contributed by atoms with E-state index in [1.54, 1.807) is 0 Å². The fourth-order valence-electron chi connectivity index (χ4n) is 4.85. The van der Waals surface area contributed by atoms with Crippen molar-refractivity contribution < 1.29 is 39.7 Å². The summed E-state index contributed by atoms with van der Waals surface area (Å²) in [5, 5.41) is 28.2. The van der Waals surface area contributed by atoms with Crippen LogP contribution >= 0.6 is 0 Å². The Hall–Kier alpha value is 0.344. The molecule has 7 heteroatoms. The molecule has 0 amide bonds. The molecule has 5 N–H and O–H groups in total. The number of aliphatic hydroxyl groups excluding tert-OH is 2. The molecule has 6 unspecified atom stereocenters. The van der Waals surface area contributed by atoms with Gasteiger partial charge in [-0.1, -0.05) is 63.2 Å². The van der Waals surface area contributed by atoms with Gasteiger partial charge in [0, 0.05) is 30.8 Å². The summed E-state index contributed by atoms with van der Waals surface area (Å²) in [6.07, 6.45) is 11.8. The molecule has 2 aliphatic carbocycles. The molecule has 25 heavy (non-hydrogen) atoms. The Morgan fingerprint density at radius 3 is 1.32 bits per heavy atom. The topological polar surface area (TPSA) is 130 Å². The fraction of sp³-hybridized carbons (Fsp3) is 1.00. The van der Waals surface area contributed by atoms with Crippen LogP contribution in [0, 0.1) is 11.8 Å². The van der Waals surface area contributed by atoms with Crippen molar-refractivity contribution in [3.63, 3.8) is 0 Å². The smallest absolute Gasteiger partial charge is 0.0383 e. The van der Waals surface area contributed by atoms with E-state index < -0.39 is 0 Å². The van der Waals surface area contributed by atoms with Crippen LogP contribution < -0.4 is 0 Å². The van der Waals surface area contributed by atoms with Crippen molar-refractivity contribution >= 4 is 0 Å². The van der Waals surface area contributed by atoms with Crippen molar-refractivity contribution in [1.82, 2.24) is 0 Å². The number of hydrogen-bond donors (Lipinski definition) is 2. The zero-order valence-electron chi connectivity index (χ0n) is 15.1. The zero-order chi connectivity index (χ0) is 15.4. The Morgan fingerprint density at radius 1 is 0.600 bits per heavy atom. The molecule has 0 bridgehead atoms. The maximum atomic E-state index is 9.61. The van der Waals surface area contributed by atoms with E-state index in [0.29, 0.717) is 23.9 Å². The van der Waals surface area contributed by atoms with Gasteiger partial charge >= 0.3 is 0 Å². The number of nitrogens with zero attached hydrogens (tertiary/aromatic N) is 2. The normalized spacial score (nSPS) is 39.6. The minimum Gasteiger partial charge on any atom is -0.870 e. The van der Waals surface area contributed by atoms with Gasteiger partial charge in [0.25, 0.3) is 0 Å². The van der Waals surface area contributed by atoms with E-state index in [-0.39, 0.29) is 41.7 Å². The molecule has 0 aromatic heterocycles. The first-order valence-corrected chi connectivity index (χ1v) is 9.45. The molecule has 2 saturated heterocycles. The van der Waals surface area contributed by atoms with Crippen molar-refractivity contribution in [2.75, 3.05) is 13.1 Å². The Labute approximate surface area is 164 Å². The third kappa shape index (κ3) is 6.78. The van der Waals surface area contributed by atoms with Crippen LogP contribution in [-0.4, -0.2) is 58.5 Å². The summed E-state index contributed by atoms with van der Waals surface area (Å²) in [7, 11) is 0. The van der Waals surface area contributed by atoms with Gasteiger partial charge in [0.15, 0.2) is 0 Å². The first kappa shape index (κ1) is 25.3. The third-order valence-corrected chi connectivity index (χ3v) is 6.05. The van der Waals surface area contributed by atoms with Gasteiger partial charge in [-0.05, 0) is 12.8 Å². The minimum atomic E-state index is -0.117. The Balaban J connectivity index is 0.000000411. The fourth-order valence-corrected chi connectivity index (χ4v) is 4.85. The summed E-state index contributed by atoms with van der Waals surface area (Å²) in [4.78, 5) is 0. The Kier molecular flexibility index (Phi) is 12.9. The van der Waals surface area contributed by atoms with Crippen molar-refractivity contribution in [2.24, 2.45) is 11.8 Å². The number of hydrogen-bond acceptors (Lipinski definition) is 3. The molecule has 4 fully saturated rings. The van der Waals surface area contributed by atoms with Gasteiger partial charge in [0.1, 0.15) is 0 Å². The van der Waals surface area contributed by atoms with Crippen molar-refractivity contribution in [3.05, 3.63) is 10.6 Å². The van der Waals surface area contributed by atoms with Crippen LogP contribution in [0.5, 0.6) is 0 Å². The van der Waals surface area contributed by atoms with E-state index in [9.17, 15) is 10.2 Å². The van der Waals surface area contributed by atoms with E-state index in [1.807, 2.05) is 0 Å². The summed E-state index contributed by atoms with van der Waals surface area (Å²) in [6, 6.07) is 0.606. The summed E-state index contributed by atoms with van der Waals surface area (Å²) >= 11 is 0. The minimum absolute atomic E-state index is 0. The SMILES string of the molecule is O.OC1CCCC2CCC[N-]C12.OC1CCCC2CCC[N-]C12.[OH-].[V]. The van der Waals surface area contributed by atoms with Crippen LogP contribution in [0.4, 0.5) is 0 Å². The molecule has 4 rings (SSSR count). The van der Waals surface area contributed by atoms with E-state index in [1.165, 1.54) is 51.4 Å². The Bertz CT molecular complexity index is 315. The van der Waals surface area contributed by atoms with Crippen LogP contribution in [0.2, 0.25) is 0 Å². The largest absolute Gasteiger partial charge is 0.870 e. The van der Waals surface area contributed by atoms with Crippen LogP contribution in [0.1, 0.15) is 64.2 Å². The first-order chi connectivity index (χ1) is 10.8. The van der Waals surface area contributed by atoms with Crippen LogP contribution in [0.25, 0.3) is 10.6 Å². The maximum Gasteiger partial charge on any atom is 0.0383 e. The van der Waals surface area contributed by atoms with Crippen LogP contribution in [0.15, 0.2) is 0 Å². The number of fused-ring (bicyclic) bond motifs is 2. The molecule has 6 nitrogen and oxygen atoms in total. The number of aliphatic hydroxyl groups is 2. The van der Waals surface area contributed by atoms with Crippen LogP contribution in [-0.2, 0) is 18.6 Å². The molecular formula is C18H35N2O4V-3. The average molecular weight is 394 g/mol. The van der Waals surface area contributed by atoms with Gasteiger partial charge in [-0.25, -0.2) is 0 Å². The summed E-state index contributed by atoms with van der Waals surface area (Å²) in [5.74, 6) is 1.43. The molecule has 2 heterocycles. The van der Waals surface area contributed by atoms with Gasteiger partial charge in [0.05, 0.1) is 0 Å². The molecule has 0 aromatic rings. The van der Waals surface area contributed by atoms with Crippen molar-refractivity contribution in [1.29, 1.82) is 0 Å². The number of rotatable bonds is 0. The average Bonchev–Trinajstić information content (AvgIpc) is 2.57. The standard InChI is InChI=1S/2C9H16NO.2H2O.V/c2*11-8-5-1-3-7-4-2-6-10-9(7)8;;;/h2*7-9,11H,1-6H2;2*1H2;/q2*-1;;;/p-1. The second-order valence-corrected chi connectivity index (χ2v) is 7.59. The number of piperidine rings is 2. The molecule has 0 spiro atoms. The van der Waals surface area contributed by atoms with Gasteiger partial charge in [-0.2, -0.15) is 0 Å². The van der Waals surface area contributed by atoms with Crippen molar-refractivity contribution in [3.8, 4) is 0 Å². The second-order valence-electron chi connectivity index (χ2n) is 7.59. The molecule has 149 valence electrons. The van der Waals surface area contributed by atoms with Gasteiger partial charge < -0.3 is 31.8 Å². The quantitative estimate of drug-likeness (QED) is 0.654. The van der Waals surface area contributed by atoms with Gasteiger partial charge in [-0.3, -0.25) is 0 Å². The van der Waals surface area contributed by atoms with E-state index in [0.717, 1.165) is 25.9 Å². The van der Waals surface area contributed by atoms with E-state index in [4.69, 9.17) is 0 Å². The van der Waals surface area contributed by atoms with Gasteiger partial charge in [-0.15, -0.1) is 25.2 Å². The Morgan fingerprint density at radius 2 is 0.960 bits per heavy atom. The molecule has 4 aliphatic rings. The predicted molar refractivity (Wildman–Crippen MR) is 94.7 cm³/mol. The predicted octanol–water partition coefficient (Wildman–Crippen LogP) is 2.36. The molecule has 2 aliphatic heterocycles. The third-order valence-electron chi connectivity index (χ3n) is 6.05. The van der Waals surface area contributed by atoms with Crippen molar-refractivity contribution in [2.45, 2.75) is 88.5 Å². The van der Waals surface area contributed by atoms with Gasteiger partial charge in [0.2, 0.25) is 0 Å². The summed E-state index contributed by atoms with van der Waals surface area (Å²) in [5.41, 5.74) is 0. The molecule has 0 aromatic carbocycles. The van der Waals surface area contributed by atoms with E-state index >= 15 is 0 Å². The summed E-state index contributed by atoms with van der Waals surface area (Å²) < 4.78 is 0. The monoisotopic (exact) mass is 394 g/mol.